The van der Waals surface area contributed by atoms with Gasteiger partial charge in [0.1, 0.15) is 11.9 Å². The van der Waals surface area contributed by atoms with E-state index in [1.165, 1.54) is 4.90 Å². The number of benzene rings is 1. The van der Waals surface area contributed by atoms with Crippen molar-refractivity contribution in [2.24, 2.45) is 0 Å². The molecule has 0 saturated heterocycles. The van der Waals surface area contributed by atoms with Gasteiger partial charge in [-0.2, -0.15) is 0 Å². The molecule has 0 aliphatic heterocycles. The van der Waals surface area contributed by atoms with E-state index in [1.54, 1.807) is 31.1 Å². The first-order valence-electron chi connectivity index (χ1n) is 9.76. The van der Waals surface area contributed by atoms with Gasteiger partial charge in [-0.25, -0.2) is 0 Å². The average Bonchev–Trinajstić information content (AvgIpc) is 3.16. The first-order valence-corrected chi connectivity index (χ1v) is 9.76. The normalized spacial score (nSPS) is 11.1. The maximum absolute atomic E-state index is 13.1. The van der Waals surface area contributed by atoms with Crippen molar-refractivity contribution in [3.05, 3.63) is 81.8 Å². The van der Waals surface area contributed by atoms with Gasteiger partial charge in [0.15, 0.2) is 5.82 Å². The number of rotatable bonds is 7. The molecule has 0 atom stereocenters. The van der Waals surface area contributed by atoms with E-state index in [0.717, 1.165) is 12.0 Å². The summed E-state index contributed by atoms with van der Waals surface area (Å²) < 4.78 is 3.53. The molecule has 7 nitrogen and oxygen atoms in total. The molecule has 0 saturated carbocycles. The summed E-state index contributed by atoms with van der Waals surface area (Å²) in [4.78, 5) is 27.6. The third kappa shape index (κ3) is 4.62. The van der Waals surface area contributed by atoms with E-state index in [9.17, 15) is 9.59 Å². The number of carbonyl (C=O) groups excluding carboxylic acids is 1. The second kappa shape index (κ2) is 8.86. The zero-order valence-corrected chi connectivity index (χ0v) is 17.4. The zero-order valence-electron chi connectivity index (χ0n) is 17.4. The minimum Gasteiger partial charge on any atom is -0.334 e. The van der Waals surface area contributed by atoms with Crippen LogP contribution in [0.15, 0.2) is 53.7 Å². The highest BCUT2D eigenvalue weighted by Gasteiger charge is 2.21. The lowest BCUT2D eigenvalue weighted by molar-refractivity contribution is 0.0776. The Kier molecular flexibility index (Phi) is 6.26. The summed E-state index contributed by atoms with van der Waals surface area (Å²) in [6, 6.07) is 12.0. The van der Waals surface area contributed by atoms with Crippen LogP contribution in [0.3, 0.4) is 0 Å². The molecule has 0 unspecified atom stereocenters. The number of pyridine rings is 1. The van der Waals surface area contributed by atoms with E-state index in [-0.39, 0.29) is 29.6 Å². The lowest BCUT2D eigenvalue weighted by atomic mass is 10.1. The fourth-order valence-electron chi connectivity index (χ4n) is 3.28. The van der Waals surface area contributed by atoms with Gasteiger partial charge < -0.3 is 14.0 Å². The molecular weight excluding hydrogens is 366 g/mol. The number of hydrogen-bond acceptors (Lipinski definition) is 4. The van der Waals surface area contributed by atoms with Crippen LogP contribution in [0.1, 0.15) is 47.2 Å². The van der Waals surface area contributed by atoms with Crippen LogP contribution in [-0.2, 0) is 19.5 Å². The first kappa shape index (κ1) is 20.5. The summed E-state index contributed by atoms with van der Waals surface area (Å²) in [7, 11) is 1.68. The van der Waals surface area contributed by atoms with Gasteiger partial charge in [0.2, 0.25) is 0 Å². The quantitative estimate of drug-likeness (QED) is 0.619. The van der Waals surface area contributed by atoms with Crippen molar-refractivity contribution in [1.82, 2.24) is 24.2 Å². The molecular formula is C22H27N5O2. The van der Waals surface area contributed by atoms with E-state index in [0.29, 0.717) is 17.9 Å². The fourth-order valence-corrected chi connectivity index (χ4v) is 3.28. The molecule has 1 amide bonds. The van der Waals surface area contributed by atoms with Gasteiger partial charge in [-0.05, 0) is 44.4 Å². The van der Waals surface area contributed by atoms with Crippen molar-refractivity contribution in [1.29, 1.82) is 0 Å². The molecule has 3 rings (SSSR count). The minimum atomic E-state index is -0.306. The maximum Gasteiger partial charge on any atom is 0.263 e. The highest BCUT2D eigenvalue weighted by Crippen LogP contribution is 2.12. The van der Waals surface area contributed by atoms with Gasteiger partial charge in [-0.15, -0.1) is 10.2 Å². The SMILES string of the molecule is Cc1ccn(CCc2ccccc2)c(=O)c1C(=O)N(C)Cc1nncn1C(C)C. The standard InChI is InChI=1S/C22H27N5O2/c1-16(2)27-15-23-24-19(27)14-25(4)21(28)20-17(3)10-12-26(22(20)29)13-11-18-8-6-5-7-9-18/h5-10,12,15-16H,11,13-14H2,1-4H3. The summed E-state index contributed by atoms with van der Waals surface area (Å²) in [5.41, 5.74) is 1.77. The summed E-state index contributed by atoms with van der Waals surface area (Å²) in [5, 5.41) is 8.05. The average molecular weight is 393 g/mol. The number of carbonyl (C=O) groups is 1. The lowest BCUT2D eigenvalue weighted by Crippen LogP contribution is -2.35. The van der Waals surface area contributed by atoms with Gasteiger partial charge in [0, 0.05) is 25.8 Å². The van der Waals surface area contributed by atoms with Crippen LogP contribution in [0.5, 0.6) is 0 Å². The Morgan fingerprint density at radius 3 is 2.59 bits per heavy atom. The van der Waals surface area contributed by atoms with Crippen LogP contribution >= 0.6 is 0 Å². The summed E-state index contributed by atoms with van der Waals surface area (Å²) in [6.07, 6.45) is 4.14. The van der Waals surface area contributed by atoms with E-state index in [1.807, 2.05) is 54.8 Å². The Morgan fingerprint density at radius 1 is 1.17 bits per heavy atom. The van der Waals surface area contributed by atoms with Crippen LogP contribution < -0.4 is 5.56 Å². The van der Waals surface area contributed by atoms with Crippen molar-refractivity contribution >= 4 is 5.91 Å². The fraction of sp³-hybridized carbons (Fsp3) is 0.364. The Bertz CT molecular complexity index is 1040. The first-order chi connectivity index (χ1) is 13.9. The molecule has 2 aromatic heterocycles. The highest BCUT2D eigenvalue weighted by atomic mass is 16.2. The molecule has 0 aliphatic rings. The molecule has 0 aliphatic carbocycles. The zero-order chi connectivity index (χ0) is 21.0. The molecule has 152 valence electrons. The van der Waals surface area contributed by atoms with Crippen molar-refractivity contribution < 1.29 is 4.79 Å². The Morgan fingerprint density at radius 2 is 1.90 bits per heavy atom. The van der Waals surface area contributed by atoms with Crippen molar-refractivity contribution in [2.45, 2.75) is 46.3 Å². The van der Waals surface area contributed by atoms with Gasteiger partial charge >= 0.3 is 0 Å². The molecule has 0 radical (unpaired) electrons. The van der Waals surface area contributed by atoms with Gasteiger partial charge in [0.25, 0.3) is 11.5 Å². The molecule has 0 fully saturated rings. The van der Waals surface area contributed by atoms with E-state index < -0.39 is 0 Å². The largest absolute Gasteiger partial charge is 0.334 e. The van der Waals surface area contributed by atoms with Crippen LogP contribution in [-0.4, -0.2) is 37.2 Å². The smallest absolute Gasteiger partial charge is 0.263 e. The number of aromatic nitrogens is 4. The number of aryl methyl sites for hydroxylation is 3. The highest BCUT2D eigenvalue weighted by molar-refractivity contribution is 5.95. The third-order valence-electron chi connectivity index (χ3n) is 5.00. The van der Waals surface area contributed by atoms with Crippen LogP contribution in [0.2, 0.25) is 0 Å². The predicted molar refractivity (Wildman–Crippen MR) is 112 cm³/mol. The number of amides is 1. The summed E-state index contributed by atoms with van der Waals surface area (Å²) in [6.45, 7) is 6.66. The van der Waals surface area contributed by atoms with Crippen LogP contribution in [0.4, 0.5) is 0 Å². The van der Waals surface area contributed by atoms with Gasteiger partial charge in [-0.3, -0.25) is 9.59 Å². The molecule has 3 aromatic rings. The Balaban J connectivity index is 1.80. The second-order valence-corrected chi connectivity index (χ2v) is 7.52. The molecule has 0 spiro atoms. The molecule has 7 heteroatoms. The topological polar surface area (TPSA) is 73.0 Å². The van der Waals surface area contributed by atoms with E-state index in [2.05, 4.69) is 10.2 Å². The monoisotopic (exact) mass is 393 g/mol. The second-order valence-electron chi connectivity index (χ2n) is 7.52. The van der Waals surface area contributed by atoms with Gasteiger partial charge in [-0.1, -0.05) is 30.3 Å². The van der Waals surface area contributed by atoms with E-state index in [4.69, 9.17) is 0 Å². The summed E-state index contributed by atoms with van der Waals surface area (Å²) in [5.74, 6) is 0.383. The number of nitrogens with zero attached hydrogens (tertiary/aromatic N) is 5. The lowest BCUT2D eigenvalue weighted by Gasteiger charge is -2.19. The van der Waals surface area contributed by atoms with Crippen molar-refractivity contribution in [3.63, 3.8) is 0 Å². The molecule has 1 aromatic carbocycles. The minimum absolute atomic E-state index is 0.192. The predicted octanol–water partition coefficient (Wildman–Crippen LogP) is 2.84. The van der Waals surface area contributed by atoms with Crippen LogP contribution in [0.25, 0.3) is 0 Å². The Labute approximate surface area is 170 Å². The molecule has 29 heavy (non-hydrogen) atoms. The van der Waals surface area contributed by atoms with E-state index >= 15 is 0 Å². The maximum atomic E-state index is 13.1. The van der Waals surface area contributed by atoms with Crippen LogP contribution in [0, 0.1) is 6.92 Å². The number of hydrogen-bond donors (Lipinski definition) is 0. The molecule has 0 N–H and O–H groups in total. The van der Waals surface area contributed by atoms with Crippen molar-refractivity contribution in [3.8, 4) is 0 Å². The Hall–Kier alpha value is -3.22. The van der Waals surface area contributed by atoms with Gasteiger partial charge in [0.05, 0.1) is 6.54 Å². The molecule has 0 bridgehead atoms. The third-order valence-corrected chi connectivity index (χ3v) is 5.00. The van der Waals surface area contributed by atoms with Crippen molar-refractivity contribution in [2.75, 3.05) is 7.05 Å². The summed E-state index contributed by atoms with van der Waals surface area (Å²) >= 11 is 0. The molecule has 2 heterocycles.